The van der Waals surface area contributed by atoms with Crippen molar-refractivity contribution in [1.29, 1.82) is 0 Å². The van der Waals surface area contributed by atoms with Crippen molar-refractivity contribution < 1.29 is 9.53 Å². The molecule has 3 N–H and O–H groups in total. The highest BCUT2D eigenvalue weighted by atomic mass is 32.1. The SMILES string of the molecule is CCOC(=O)CCCNc1ccc(C)cc1C(N)=S. The molecule has 0 fully saturated rings. The molecule has 0 amide bonds. The standard InChI is InChI=1S/C14H20N2O2S/c1-3-18-13(17)5-4-8-16-12-7-6-10(2)9-11(12)14(15)19/h6-7,9,16H,3-5,8H2,1-2H3,(H2,15,19). The van der Waals surface area contributed by atoms with Crippen LogP contribution in [0.2, 0.25) is 0 Å². The molecule has 1 aromatic rings. The number of carbonyl (C=O) groups is 1. The molecule has 0 saturated carbocycles. The van der Waals surface area contributed by atoms with Gasteiger partial charge < -0.3 is 15.8 Å². The van der Waals surface area contributed by atoms with E-state index < -0.39 is 0 Å². The maximum absolute atomic E-state index is 11.2. The molecule has 0 atom stereocenters. The van der Waals surface area contributed by atoms with Crippen LogP contribution in [0.4, 0.5) is 5.69 Å². The minimum absolute atomic E-state index is 0.164. The third-order valence-electron chi connectivity index (χ3n) is 2.62. The maximum atomic E-state index is 11.2. The van der Waals surface area contributed by atoms with Gasteiger partial charge in [-0.3, -0.25) is 4.79 Å². The fourth-order valence-electron chi connectivity index (χ4n) is 1.71. The Balaban J connectivity index is 2.49. The molecule has 0 radical (unpaired) electrons. The maximum Gasteiger partial charge on any atom is 0.305 e. The average molecular weight is 280 g/mol. The number of ether oxygens (including phenoxy) is 1. The number of anilines is 1. The molecule has 0 aliphatic rings. The van der Waals surface area contributed by atoms with E-state index in [4.69, 9.17) is 22.7 Å². The van der Waals surface area contributed by atoms with E-state index in [0.717, 1.165) is 16.8 Å². The number of rotatable bonds is 7. The highest BCUT2D eigenvalue weighted by molar-refractivity contribution is 7.80. The summed E-state index contributed by atoms with van der Waals surface area (Å²) in [6, 6.07) is 5.90. The molecule has 4 nitrogen and oxygen atoms in total. The molecular weight excluding hydrogens is 260 g/mol. The Morgan fingerprint density at radius 3 is 2.84 bits per heavy atom. The lowest BCUT2D eigenvalue weighted by molar-refractivity contribution is -0.143. The average Bonchev–Trinajstić information content (AvgIpc) is 2.36. The highest BCUT2D eigenvalue weighted by Crippen LogP contribution is 2.17. The van der Waals surface area contributed by atoms with Crippen LogP contribution in [0.3, 0.4) is 0 Å². The lowest BCUT2D eigenvalue weighted by Crippen LogP contribution is -2.14. The van der Waals surface area contributed by atoms with Gasteiger partial charge in [0.15, 0.2) is 0 Å². The van der Waals surface area contributed by atoms with Gasteiger partial charge in [0, 0.05) is 24.2 Å². The summed E-state index contributed by atoms with van der Waals surface area (Å²) >= 11 is 5.03. The zero-order valence-electron chi connectivity index (χ0n) is 11.4. The molecule has 0 aliphatic carbocycles. The van der Waals surface area contributed by atoms with E-state index in [1.54, 1.807) is 6.92 Å². The summed E-state index contributed by atoms with van der Waals surface area (Å²) in [5, 5.41) is 3.24. The van der Waals surface area contributed by atoms with Gasteiger partial charge >= 0.3 is 5.97 Å². The van der Waals surface area contributed by atoms with Crippen molar-refractivity contribution in [1.82, 2.24) is 0 Å². The predicted octanol–water partition coefficient (Wildman–Crippen LogP) is 2.38. The molecule has 0 bridgehead atoms. The van der Waals surface area contributed by atoms with E-state index in [1.165, 1.54) is 0 Å². The quantitative estimate of drug-likeness (QED) is 0.456. The lowest BCUT2D eigenvalue weighted by atomic mass is 10.1. The van der Waals surface area contributed by atoms with Crippen molar-refractivity contribution in [2.75, 3.05) is 18.5 Å². The molecular formula is C14H20N2O2S. The Morgan fingerprint density at radius 2 is 2.21 bits per heavy atom. The second kappa shape index (κ2) is 7.74. The predicted molar refractivity (Wildman–Crippen MR) is 81.4 cm³/mol. The van der Waals surface area contributed by atoms with Crippen LogP contribution in [0.15, 0.2) is 18.2 Å². The fourth-order valence-corrected chi connectivity index (χ4v) is 1.87. The smallest absolute Gasteiger partial charge is 0.305 e. The van der Waals surface area contributed by atoms with Crippen LogP contribution in [-0.4, -0.2) is 24.1 Å². The lowest BCUT2D eigenvalue weighted by Gasteiger charge is -2.11. The Bertz CT molecular complexity index is 461. The van der Waals surface area contributed by atoms with Crippen molar-refractivity contribution in [3.05, 3.63) is 29.3 Å². The summed E-state index contributed by atoms with van der Waals surface area (Å²) in [6.07, 6.45) is 1.12. The first-order valence-corrected chi connectivity index (χ1v) is 6.75. The van der Waals surface area contributed by atoms with Gasteiger partial charge in [-0.05, 0) is 32.4 Å². The molecule has 0 unspecified atom stereocenters. The van der Waals surface area contributed by atoms with Crippen LogP contribution in [0, 0.1) is 6.92 Å². The van der Waals surface area contributed by atoms with E-state index in [9.17, 15) is 4.79 Å². The zero-order valence-corrected chi connectivity index (χ0v) is 12.2. The Kier molecular flexibility index (Phi) is 6.29. The topological polar surface area (TPSA) is 64.3 Å². The van der Waals surface area contributed by atoms with Gasteiger partial charge in [0.2, 0.25) is 0 Å². The first-order valence-electron chi connectivity index (χ1n) is 6.34. The summed E-state index contributed by atoms with van der Waals surface area (Å²) in [4.78, 5) is 11.6. The third-order valence-corrected chi connectivity index (χ3v) is 2.84. The van der Waals surface area contributed by atoms with Gasteiger partial charge in [-0.1, -0.05) is 23.8 Å². The molecule has 0 saturated heterocycles. The van der Waals surface area contributed by atoms with E-state index in [1.807, 2.05) is 25.1 Å². The zero-order chi connectivity index (χ0) is 14.3. The van der Waals surface area contributed by atoms with Crippen LogP contribution in [0.1, 0.15) is 30.9 Å². The Hall–Kier alpha value is -1.62. The van der Waals surface area contributed by atoms with Crippen LogP contribution in [0.5, 0.6) is 0 Å². The number of benzene rings is 1. The van der Waals surface area contributed by atoms with Crippen LogP contribution < -0.4 is 11.1 Å². The van der Waals surface area contributed by atoms with Gasteiger partial charge in [0.1, 0.15) is 4.99 Å². The van der Waals surface area contributed by atoms with Gasteiger partial charge in [-0.2, -0.15) is 0 Å². The van der Waals surface area contributed by atoms with Gasteiger partial charge in [0.05, 0.1) is 6.61 Å². The molecule has 0 spiro atoms. The minimum Gasteiger partial charge on any atom is -0.466 e. The number of nitrogens with one attached hydrogen (secondary N) is 1. The van der Waals surface area contributed by atoms with Gasteiger partial charge in [0.25, 0.3) is 0 Å². The van der Waals surface area contributed by atoms with Gasteiger partial charge in [-0.15, -0.1) is 0 Å². The van der Waals surface area contributed by atoms with Crippen LogP contribution in [0.25, 0.3) is 0 Å². The van der Waals surface area contributed by atoms with Crippen molar-refractivity contribution in [3.63, 3.8) is 0 Å². The number of nitrogens with two attached hydrogens (primary N) is 1. The summed E-state index contributed by atoms with van der Waals surface area (Å²) < 4.78 is 4.86. The Labute approximate surface area is 119 Å². The van der Waals surface area contributed by atoms with E-state index >= 15 is 0 Å². The Morgan fingerprint density at radius 1 is 1.47 bits per heavy atom. The van der Waals surface area contributed by atoms with E-state index in [0.29, 0.717) is 31.0 Å². The second-order valence-electron chi connectivity index (χ2n) is 4.25. The van der Waals surface area contributed by atoms with Gasteiger partial charge in [-0.25, -0.2) is 0 Å². The first-order chi connectivity index (χ1) is 9.04. The van der Waals surface area contributed by atoms with Crippen molar-refractivity contribution in [2.45, 2.75) is 26.7 Å². The number of esters is 1. The summed E-state index contributed by atoms with van der Waals surface area (Å²) in [5.74, 6) is -0.164. The summed E-state index contributed by atoms with van der Waals surface area (Å²) in [5.41, 5.74) is 8.55. The van der Waals surface area contributed by atoms with E-state index in [-0.39, 0.29) is 5.97 Å². The van der Waals surface area contributed by atoms with Crippen molar-refractivity contribution in [2.24, 2.45) is 5.73 Å². The van der Waals surface area contributed by atoms with Crippen LogP contribution in [-0.2, 0) is 9.53 Å². The number of hydrogen-bond acceptors (Lipinski definition) is 4. The molecule has 104 valence electrons. The normalized spacial score (nSPS) is 10.0. The molecule has 1 aromatic carbocycles. The van der Waals surface area contributed by atoms with Crippen molar-refractivity contribution >= 4 is 28.9 Å². The van der Waals surface area contributed by atoms with Crippen LogP contribution >= 0.6 is 12.2 Å². The molecule has 19 heavy (non-hydrogen) atoms. The minimum atomic E-state index is -0.164. The summed E-state index contributed by atoms with van der Waals surface area (Å²) in [6.45, 7) is 4.90. The number of carbonyl (C=O) groups excluding carboxylic acids is 1. The molecule has 0 heterocycles. The molecule has 0 aromatic heterocycles. The molecule has 1 rings (SSSR count). The number of aryl methyl sites for hydroxylation is 1. The number of thiocarbonyl (C=S) groups is 1. The van der Waals surface area contributed by atoms with Crippen molar-refractivity contribution in [3.8, 4) is 0 Å². The number of hydrogen-bond donors (Lipinski definition) is 2. The largest absolute Gasteiger partial charge is 0.466 e. The van der Waals surface area contributed by atoms with E-state index in [2.05, 4.69) is 5.32 Å². The third kappa shape index (κ3) is 5.26. The molecule has 0 aliphatic heterocycles. The second-order valence-corrected chi connectivity index (χ2v) is 4.69. The fraction of sp³-hybridized carbons (Fsp3) is 0.429. The molecule has 5 heteroatoms. The summed E-state index contributed by atoms with van der Waals surface area (Å²) in [7, 11) is 0. The first kappa shape index (κ1) is 15.4. The highest BCUT2D eigenvalue weighted by Gasteiger charge is 2.06. The monoisotopic (exact) mass is 280 g/mol.